The number of rotatable bonds is 6. The van der Waals surface area contributed by atoms with Gasteiger partial charge in [0.2, 0.25) is 10.0 Å². The minimum Gasteiger partial charge on any atom is -0.409 e. The maximum atomic E-state index is 12.3. The Balaban J connectivity index is 2.66. The van der Waals surface area contributed by atoms with Crippen LogP contribution in [-0.4, -0.2) is 55.3 Å². The highest BCUT2D eigenvalue weighted by Gasteiger charge is 2.32. The molecule has 0 aromatic heterocycles. The van der Waals surface area contributed by atoms with Gasteiger partial charge in [0, 0.05) is 32.7 Å². The SMILES string of the molecule is CCN(CCC(N)=NO)S(=O)(=O)C1CCOCC1. The van der Waals surface area contributed by atoms with Gasteiger partial charge in [-0.15, -0.1) is 0 Å². The number of amidine groups is 1. The van der Waals surface area contributed by atoms with Crippen LogP contribution in [0.5, 0.6) is 0 Å². The van der Waals surface area contributed by atoms with E-state index in [0.29, 0.717) is 32.6 Å². The van der Waals surface area contributed by atoms with E-state index < -0.39 is 10.0 Å². The highest BCUT2D eigenvalue weighted by molar-refractivity contribution is 7.89. The summed E-state index contributed by atoms with van der Waals surface area (Å²) in [7, 11) is -3.32. The Morgan fingerprint density at radius 2 is 2.11 bits per heavy atom. The van der Waals surface area contributed by atoms with E-state index in [2.05, 4.69) is 5.16 Å². The molecule has 18 heavy (non-hydrogen) atoms. The molecule has 0 spiro atoms. The predicted octanol–water partition coefficient (Wildman–Crippen LogP) is -0.0464. The highest BCUT2D eigenvalue weighted by atomic mass is 32.2. The molecular formula is C10H21N3O4S. The molecule has 1 heterocycles. The van der Waals surface area contributed by atoms with Gasteiger partial charge in [-0.3, -0.25) is 0 Å². The summed E-state index contributed by atoms with van der Waals surface area (Å²) in [6.45, 7) is 3.39. The first-order chi connectivity index (χ1) is 8.52. The van der Waals surface area contributed by atoms with Crippen molar-refractivity contribution in [1.29, 1.82) is 0 Å². The summed E-state index contributed by atoms with van der Waals surface area (Å²) >= 11 is 0. The lowest BCUT2D eigenvalue weighted by molar-refractivity contribution is 0.0972. The maximum absolute atomic E-state index is 12.3. The van der Waals surface area contributed by atoms with E-state index in [1.165, 1.54) is 4.31 Å². The van der Waals surface area contributed by atoms with E-state index >= 15 is 0 Å². The van der Waals surface area contributed by atoms with Crippen LogP contribution in [0.4, 0.5) is 0 Å². The maximum Gasteiger partial charge on any atom is 0.217 e. The molecule has 7 nitrogen and oxygen atoms in total. The van der Waals surface area contributed by atoms with Crippen LogP contribution in [0.2, 0.25) is 0 Å². The topological polar surface area (TPSA) is 105 Å². The second-order valence-electron chi connectivity index (χ2n) is 4.19. The lowest BCUT2D eigenvalue weighted by atomic mass is 10.2. The second kappa shape index (κ2) is 6.91. The zero-order valence-corrected chi connectivity index (χ0v) is 11.4. The van der Waals surface area contributed by atoms with Crippen molar-refractivity contribution in [3.05, 3.63) is 0 Å². The van der Waals surface area contributed by atoms with Gasteiger partial charge in [-0.05, 0) is 12.8 Å². The first-order valence-electron chi connectivity index (χ1n) is 6.05. The Bertz CT molecular complexity index is 377. The molecule has 106 valence electrons. The summed E-state index contributed by atoms with van der Waals surface area (Å²) in [5.74, 6) is 0.0376. The molecule has 0 unspecified atom stereocenters. The molecule has 3 N–H and O–H groups in total. The Kier molecular flexibility index (Phi) is 5.83. The van der Waals surface area contributed by atoms with Gasteiger partial charge >= 0.3 is 0 Å². The number of ether oxygens (including phenoxy) is 1. The van der Waals surface area contributed by atoms with Crippen LogP contribution in [0, 0.1) is 0 Å². The largest absolute Gasteiger partial charge is 0.409 e. The van der Waals surface area contributed by atoms with Gasteiger partial charge in [-0.1, -0.05) is 12.1 Å². The van der Waals surface area contributed by atoms with E-state index in [-0.39, 0.29) is 24.1 Å². The van der Waals surface area contributed by atoms with Crippen molar-refractivity contribution in [3.8, 4) is 0 Å². The quantitative estimate of drug-likeness (QED) is 0.307. The molecule has 0 aromatic rings. The smallest absolute Gasteiger partial charge is 0.217 e. The van der Waals surface area contributed by atoms with Crippen LogP contribution in [-0.2, 0) is 14.8 Å². The van der Waals surface area contributed by atoms with Crippen molar-refractivity contribution >= 4 is 15.9 Å². The van der Waals surface area contributed by atoms with E-state index in [0.717, 1.165) is 0 Å². The summed E-state index contributed by atoms with van der Waals surface area (Å²) in [6.07, 6.45) is 1.29. The predicted molar refractivity (Wildman–Crippen MR) is 68.0 cm³/mol. The monoisotopic (exact) mass is 279 g/mol. The molecule has 0 radical (unpaired) electrons. The third kappa shape index (κ3) is 3.82. The van der Waals surface area contributed by atoms with Crippen molar-refractivity contribution in [2.24, 2.45) is 10.9 Å². The van der Waals surface area contributed by atoms with E-state index in [1.807, 2.05) is 0 Å². The minimum absolute atomic E-state index is 0.0376. The fourth-order valence-corrected chi connectivity index (χ4v) is 3.85. The van der Waals surface area contributed by atoms with Gasteiger partial charge in [0.25, 0.3) is 0 Å². The summed E-state index contributed by atoms with van der Waals surface area (Å²) in [6, 6.07) is 0. The minimum atomic E-state index is -3.32. The molecule has 8 heteroatoms. The average Bonchev–Trinajstić information content (AvgIpc) is 2.39. The summed E-state index contributed by atoms with van der Waals surface area (Å²) in [5, 5.41) is 10.9. The van der Waals surface area contributed by atoms with Gasteiger partial charge < -0.3 is 15.7 Å². The zero-order valence-electron chi connectivity index (χ0n) is 10.6. The van der Waals surface area contributed by atoms with E-state index in [4.69, 9.17) is 15.7 Å². The van der Waals surface area contributed by atoms with Gasteiger partial charge in [0.05, 0.1) is 5.25 Å². The number of sulfonamides is 1. The number of hydrogen-bond acceptors (Lipinski definition) is 5. The summed E-state index contributed by atoms with van der Waals surface area (Å²) in [5.41, 5.74) is 5.36. The Morgan fingerprint density at radius 3 is 2.61 bits per heavy atom. The fourth-order valence-electron chi connectivity index (χ4n) is 1.94. The molecule has 1 aliphatic rings. The van der Waals surface area contributed by atoms with Gasteiger partial charge in [0.15, 0.2) is 0 Å². The van der Waals surface area contributed by atoms with Crippen molar-refractivity contribution < 1.29 is 18.4 Å². The number of hydrogen-bond donors (Lipinski definition) is 2. The molecule has 1 saturated heterocycles. The van der Waals surface area contributed by atoms with Crippen LogP contribution in [0.3, 0.4) is 0 Å². The van der Waals surface area contributed by atoms with Crippen LogP contribution in [0.25, 0.3) is 0 Å². The van der Waals surface area contributed by atoms with Crippen molar-refractivity contribution in [3.63, 3.8) is 0 Å². The lowest BCUT2D eigenvalue weighted by Crippen LogP contribution is -2.42. The summed E-state index contributed by atoms with van der Waals surface area (Å²) in [4.78, 5) is 0. The van der Waals surface area contributed by atoms with E-state index in [1.54, 1.807) is 6.92 Å². The second-order valence-corrected chi connectivity index (χ2v) is 6.40. The van der Waals surface area contributed by atoms with Gasteiger partial charge in [-0.2, -0.15) is 0 Å². The summed E-state index contributed by atoms with van der Waals surface area (Å²) < 4.78 is 31.2. The third-order valence-electron chi connectivity index (χ3n) is 3.05. The molecule has 0 bridgehead atoms. The van der Waals surface area contributed by atoms with Crippen LogP contribution in [0.15, 0.2) is 5.16 Å². The molecule has 1 fully saturated rings. The Hall–Kier alpha value is -0.860. The van der Waals surface area contributed by atoms with Crippen molar-refractivity contribution in [2.45, 2.75) is 31.4 Å². The molecule has 0 amide bonds. The van der Waals surface area contributed by atoms with E-state index in [9.17, 15) is 8.42 Å². The lowest BCUT2D eigenvalue weighted by Gasteiger charge is -2.28. The third-order valence-corrected chi connectivity index (χ3v) is 5.52. The van der Waals surface area contributed by atoms with Gasteiger partial charge in [-0.25, -0.2) is 12.7 Å². The zero-order chi connectivity index (χ0) is 13.6. The fraction of sp³-hybridized carbons (Fsp3) is 0.900. The average molecular weight is 279 g/mol. The first-order valence-corrected chi connectivity index (χ1v) is 7.55. The van der Waals surface area contributed by atoms with Crippen molar-refractivity contribution in [1.82, 2.24) is 4.31 Å². The van der Waals surface area contributed by atoms with Crippen molar-refractivity contribution in [2.75, 3.05) is 26.3 Å². The standard InChI is InChI=1S/C10H21N3O4S/c1-2-13(6-3-10(11)12-14)18(15,16)9-4-7-17-8-5-9/h9,14H,2-8H2,1H3,(H2,11,12). The molecule has 0 aromatic carbocycles. The molecule has 0 aliphatic carbocycles. The Labute approximate surface area is 108 Å². The van der Waals surface area contributed by atoms with Gasteiger partial charge in [0.1, 0.15) is 5.84 Å². The molecular weight excluding hydrogens is 258 g/mol. The number of nitrogens with two attached hydrogens (primary N) is 1. The highest BCUT2D eigenvalue weighted by Crippen LogP contribution is 2.19. The van der Waals surface area contributed by atoms with Crippen LogP contribution >= 0.6 is 0 Å². The normalized spacial score (nSPS) is 19.3. The Morgan fingerprint density at radius 1 is 1.50 bits per heavy atom. The molecule has 1 aliphatic heterocycles. The van der Waals surface area contributed by atoms with Crippen LogP contribution in [0.1, 0.15) is 26.2 Å². The molecule has 0 atom stereocenters. The number of nitrogens with zero attached hydrogens (tertiary/aromatic N) is 2. The molecule has 1 rings (SSSR count). The first kappa shape index (κ1) is 15.2. The van der Waals surface area contributed by atoms with Crippen LogP contribution < -0.4 is 5.73 Å². The number of oxime groups is 1. The molecule has 0 saturated carbocycles.